The number of methoxy groups -OCH3 is 1. The van der Waals surface area contributed by atoms with Crippen molar-refractivity contribution in [3.05, 3.63) is 95.6 Å². The Kier molecular flexibility index (Phi) is 6.42. The number of carbonyl (C=O) groups excluding carboxylic acids is 2. The van der Waals surface area contributed by atoms with Crippen molar-refractivity contribution in [3.63, 3.8) is 0 Å². The Morgan fingerprint density at radius 2 is 1.66 bits per heavy atom. The third kappa shape index (κ3) is 4.45. The van der Waals surface area contributed by atoms with Gasteiger partial charge in [-0.3, -0.25) is 14.6 Å². The van der Waals surface area contributed by atoms with Crippen LogP contribution in [0.3, 0.4) is 0 Å². The summed E-state index contributed by atoms with van der Waals surface area (Å²) < 4.78 is 5.04. The molecule has 6 heteroatoms. The highest BCUT2D eigenvalue weighted by molar-refractivity contribution is 6.24. The van der Waals surface area contributed by atoms with E-state index in [4.69, 9.17) is 9.73 Å². The van der Waals surface area contributed by atoms with Gasteiger partial charge >= 0.3 is 0 Å². The normalized spacial score (nSPS) is 15.2. The summed E-state index contributed by atoms with van der Waals surface area (Å²) in [6.07, 6.45) is 0. The molecule has 1 aliphatic rings. The van der Waals surface area contributed by atoms with Crippen molar-refractivity contribution in [1.29, 1.82) is 0 Å². The van der Waals surface area contributed by atoms with E-state index in [0.29, 0.717) is 30.1 Å². The van der Waals surface area contributed by atoms with Crippen molar-refractivity contribution in [2.75, 3.05) is 32.6 Å². The van der Waals surface area contributed by atoms with E-state index in [9.17, 15) is 9.59 Å². The molecule has 1 unspecified atom stereocenters. The molecule has 1 aliphatic heterocycles. The third-order valence-electron chi connectivity index (χ3n) is 5.48. The van der Waals surface area contributed by atoms with Crippen LogP contribution >= 0.6 is 0 Å². The van der Waals surface area contributed by atoms with Crippen molar-refractivity contribution >= 4 is 28.9 Å². The van der Waals surface area contributed by atoms with Gasteiger partial charge in [0.25, 0.3) is 5.91 Å². The largest absolute Gasteiger partial charge is 0.383 e. The molecule has 0 saturated heterocycles. The Hall–Kier alpha value is -3.77. The van der Waals surface area contributed by atoms with Crippen LogP contribution in [-0.2, 0) is 9.53 Å². The third-order valence-corrected chi connectivity index (χ3v) is 5.48. The molecule has 0 spiro atoms. The number of carbonyl (C=O) groups is 2. The summed E-state index contributed by atoms with van der Waals surface area (Å²) in [6.45, 7) is 1.000. The molecule has 0 bridgehead atoms. The predicted molar refractivity (Wildman–Crippen MR) is 126 cm³/mol. The van der Waals surface area contributed by atoms with Crippen LogP contribution < -0.4 is 5.32 Å². The zero-order chi connectivity index (χ0) is 22.5. The smallest absolute Gasteiger partial charge is 0.253 e. The zero-order valence-electron chi connectivity index (χ0n) is 18.1. The maximum Gasteiger partial charge on any atom is 0.253 e. The minimum atomic E-state index is -0.505. The lowest BCUT2D eigenvalue weighted by Gasteiger charge is -2.17. The van der Waals surface area contributed by atoms with Crippen molar-refractivity contribution in [2.45, 2.75) is 5.92 Å². The number of para-hydroxylation sites is 1. The van der Waals surface area contributed by atoms with E-state index in [-0.39, 0.29) is 11.8 Å². The second-order valence-electron chi connectivity index (χ2n) is 7.64. The summed E-state index contributed by atoms with van der Waals surface area (Å²) in [4.78, 5) is 32.0. The topological polar surface area (TPSA) is 71.0 Å². The monoisotopic (exact) mass is 427 g/mol. The van der Waals surface area contributed by atoms with Crippen LogP contribution in [0.15, 0.2) is 83.9 Å². The second-order valence-corrected chi connectivity index (χ2v) is 7.64. The molecule has 6 nitrogen and oxygen atoms in total. The van der Waals surface area contributed by atoms with Gasteiger partial charge in [-0.15, -0.1) is 0 Å². The number of benzene rings is 3. The summed E-state index contributed by atoms with van der Waals surface area (Å²) in [7, 11) is 3.36. The van der Waals surface area contributed by atoms with Gasteiger partial charge < -0.3 is 15.0 Å². The fraction of sp³-hybridized carbons (Fsp3) is 0.192. The number of fused-ring (bicyclic) bond motifs is 1. The van der Waals surface area contributed by atoms with Crippen LogP contribution in [-0.4, -0.2) is 49.7 Å². The fourth-order valence-corrected chi connectivity index (χ4v) is 3.75. The number of rotatable bonds is 7. The lowest BCUT2D eigenvalue weighted by molar-refractivity contribution is -0.115. The van der Waals surface area contributed by atoms with Gasteiger partial charge in [0.15, 0.2) is 0 Å². The van der Waals surface area contributed by atoms with E-state index in [1.165, 1.54) is 0 Å². The molecule has 4 rings (SSSR count). The fourth-order valence-electron chi connectivity index (χ4n) is 3.75. The minimum absolute atomic E-state index is 0.0787. The van der Waals surface area contributed by atoms with Gasteiger partial charge in [-0.1, -0.05) is 48.5 Å². The molecule has 1 heterocycles. The van der Waals surface area contributed by atoms with Crippen molar-refractivity contribution in [3.8, 4) is 0 Å². The molecule has 2 amide bonds. The average Bonchev–Trinajstić information content (AvgIpc) is 3.17. The number of hydrogen-bond acceptors (Lipinski definition) is 4. The van der Waals surface area contributed by atoms with E-state index in [1.54, 1.807) is 43.3 Å². The summed E-state index contributed by atoms with van der Waals surface area (Å²) in [5.74, 6) is -0.680. The Morgan fingerprint density at radius 3 is 2.38 bits per heavy atom. The van der Waals surface area contributed by atoms with Crippen molar-refractivity contribution < 1.29 is 14.3 Å². The standard InChI is InChI=1S/C26H25N3O3/c1-29(16-17-32-2)26(31)19-12-14-20(15-13-19)27-24(18-8-4-3-5-9-18)23-21-10-6-7-11-22(21)28-25(23)30/h3-15,23H,16-17H2,1-2H3,(H,28,30). The lowest BCUT2D eigenvalue weighted by Crippen LogP contribution is -2.29. The Balaban J connectivity index is 1.68. The summed E-state index contributed by atoms with van der Waals surface area (Å²) in [5.41, 5.74) is 4.52. The van der Waals surface area contributed by atoms with E-state index in [0.717, 1.165) is 16.8 Å². The first-order chi connectivity index (χ1) is 15.6. The molecular weight excluding hydrogens is 402 g/mol. The highest BCUT2D eigenvalue weighted by atomic mass is 16.5. The molecule has 0 fully saturated rings. The van der Waals surface area contributed by atoms with Crippen LogP contribution in [0.25, 0.3) is 0 Å². The predicted octanol–water partition coefficient (Wildman–Crippen LogP) is 4.26. The number of nitrogens with one attached hydrogen (secondary N) is 1. The van der Waals surface area contributed by atoms with Gasteiger partial charge in [0.1, 0.15) is 5.92 Å². The van der Waals surface area contributed by atoms with Crippen LogP contribution in [0.5, 0.6) is 0 Å². The molecular formula is C26H25N3O3. The zero-order valence-corrected chi connectivity index (χ0v) is 18.1. The molecule has 3 aromatic rings. The first-order valence-corrected chi connectivity index (χ1v) is 10.5. The summed E-state index contributed by atoms with van der Waals surface area (Å²) in [5, 5.41) is 2.96. The Bertz CT molecular complexity index is 1140. The van der Waals surface area contributed by atoms with E-state index < -0.39 is 5.92 Å². The SMILES string of the molecule is COCCN(C)C(=O)c1ccc(N=C(c2ccccc2)C2C(=O)Nc3ccccc32)cc1. The van der Waals surface area contributed by atoms with Gasteiger partial charge in [-0.05, 0) is 41.5 Å². The summed E-state index contributed by atoms with van der Waals surface area (Å²) >= 11 is 0. The Labute approximate surface area is 187 Å². The number of amides is 2. The maximum atomic E-state index is 12.9. The van der Waals surface area contributed by atoms with E-state index in [2.05, 4.69) is 5.32 Å². The molecule has 1 atom stereocenters. The number of likely N-dealkylation sites (N-methyl/N-ethyl adjacent to an activating group) is 1. The molecule has 0 radical (unpaired) electrons. The lowest BCUT2D eigenvalue weighted by atomic mass is 9.90. The number of hydrogen-bond donors (Lipinski definition) is 1. The Morgan fingerprint density at radius 1 is 0.969 bits per heavy atom. The molecule has 0 aliphatic carbocycles. The second kappa shape index (κ2) is 9.58. The number of aliphatic imine (C=N–C) groups is 1. The molecule has 1 N–H and O–H groups in total. The van der Waals surface area contributed by atoms with Crippen LogP contribution in [0.4, 0.5) is 11.4 Å². The average molecular weight is 428 g/mol. The minimum Gasteiger partial charge on any atom is -0.383 e. The molecule has 3 aromatic carbocycles. The van der Waals surface area contributed by atoms with Crippen LogP contribution in [0.1, 0.15) is 27.4 Å². The molecule has 162 valence electrons. The van der Waals surface area contributed by atoms with Crippen molar-refractivity contribution in [1.82, 2.24) is 4.90 Å². The maximum absolute atomic E-state index is 12.9. The quantitative estimate of drug-likeness (QED) is 0.573. The van der Waals surface area contributed by atoms with Gasteiger partial charge in [-0.25, -0.2) is 0 Å². The van der Waals surface area contributed by atoms with Crippen molar-refractivity contribution in [2.24, 2.45) is 4.99 Å². The first kappa shape index (κ1) is 21.5. The van der Waals surface area contributed by atoms with E-state index in [1.807, 2.05) is 54.6 Å². The van der Waals surface area contributed by atoms with Crippen LogP contribution in [0.2, 0.25) is 0 Å². The number of anilines is 1. The van der Waals surface area contributed by atoms with Gasteiger partial charge in [0.05, 0.1) is 18.0 Å². The number of nitrogens with zero attached hydrogens (tertiary/aromatic N) is 2. The highest BCUT2D eigenvalue weighted by Crippen LogP contribution is 2.36. The van der Waals surface area contributed by atoms with E-state index >= 15 is 0 Å². The first-order valence-electron chi connectivity index (χ1n) is 10.5. The molecule has 0 saturated carbocycles. The van der Waals surface area contributed by atoms with Gasteiger partial charge in [0, 0.05) is 32.0 Å². The molecule has 0 aromatic heterocycles. The molecule has 32 heavy (non-hydrogen) atoms. The summed E-state index contributed by atoms with van der Waals surface area (Å²) in [6, 6.07) is 24.5. The van der Waals surface area contributed by atoms with Gasteiger partial charge in [-0.2, -0.15) is 0 Å². The highest BCUT2D eigenvalue weighted by Gasteiger charge is 2.35. The van der Waals surface area contributed by atoms with Crippen LogP contribution in [0, 0.1) is 0 Å². The number of ether oxygens (including phenoxy) is 1. The van der Waals surface area contributed by atoms with Gasteiger partial charge in [0.2, 0.25) is 5.91 Å².